The molecule has 0 bridgehead atoms. The van der Waals surface area contributed by atoms with Crippen molar-refractivity contribution in [2.24, 2.45) is 5.73 Å². The van der Waals surface area contributed by atoms with Crippen molar-refractivity contribution in [3.8, 4) is 0 Å². The van der Waals surface area contributed by atoms with Gasteiger partial charge in [-0.3, -0.25) is 4.90 Å². The maximum Gasteiger partial charge on any atom is 0.0336 e. The SMILES string of the molecule is CC(C)N(Cc1cccs1)C(C)(C)CN. The molecule has 0 unspecified atom stereocenters. The molecular formula is C12H22N2S. The van der Waals surface area contributed by atoms with Gasteiger partial charge in [-0.25, -0.2) is 0 Å². The summed E-state index contributed by atoms with van der Waals surface area (Å²) in [4.78, 5) is 3.86. The summed E-state index contributed by atoms with van der Waals surface area (Å²) >= 11 is 1.81. The van der Waals surface area contributed by atoms with E-state index in [1.54, 1.807) is 0 Å². The van der Waals surface area contributed by atoms with Gasteiger partial charge in [0.25, 0.3) is 0 Å². The molecule has 0 amide bonds. The van der Waals surface area contributed by atoms with Gasteiger partial charge < -0.3 is 5.73 Å². The number of nitrogens with zero attached hydrogens (tertiary/aromatic N) is 1. The van der Waals surface area contributed by atoms with Crippen molar-refractivity contribution in [1.29, 1.82) is 0 Å². The Labute approximate surface area is 97.1 Å². The van der Waals surface area contributed by atoms with Crippen LogP contribution in [-0.2, 0) is 6.54 Å². The third kappa shape index (κ3) is 3.30. The second-order valence-corrected chi connectivity index (χ2v) is 5.85. The summed E-state index contributed by atoms with van der Waals surface area (Å²) in [6, 6.07) is 4.81. The lowest BCUT2D eigenvalue weighted by molar-refractivity contribution is 0.0831. The van der Waals surface area contributed by atoms with Crippen LogP contribution in [-0.4, -0.2) is 23.0 Å². The largest absolute Gasteiger partial charge is 0.329 e. The van der Waals surface area contributed by atoms with Gasteiger partial charge in [-0.2, -0.15) is 0 Å². The summed E-state index contributed by atoms with van der Waals surface area (Å²) in [6.45, 7) is 10.6. The Morgan fingerprint density at radius 1 is 1.47 bits per heavy atom. The van der Waals surface area contributed by atoms with Crippen molar-refractivity contribution in [2.45, 2.75) is 45.8 Å². The molecule has 0 fully saturated rings. The number of rotatable bonds is 5. The highest BCUT2D eigenvalue weighted by atomic mass is 32.1. The molecule has 2 N–H and O–H groups in total. The average Bonchev–Trinajstić information content (AvgIpc) is 2.65. The molecule has 0 aliphatic heterocycles. The molecule has 0 aromatic carbocycles. The highest BCUT2D eigenvalue weighted by molar-refractivity contribution is 7.09. The monoisotopic (exact) mass is 226 g/mol. The smallest absolute Gasteiger partial charge is 0.0336 e. The zero-order valence-corrected chi connectivity index (χ0v) is 11.0. The van der Waals surface area contributed by atoms with Gasteiger partial charge in [-0.15, -0.1) is 11.3 Å². The molecule has 1 aromatic rings. The molecular weight excluding hydrogens is 204 g/mol. The minimum Gasteiger partial charge on any atom is -0.329 e. The Hall–Kier alpha value is -0.380. The van der Waals surface area contributed by atoms with Crippen LogP contribution in [0.2, 0.25) is 0 Å². The van der Waals surface area contributed by atoms with E-state index in [0.717, 1.165) is 6.54 Å². The first-order valence-corrected chi connectivity index (χ1v) is 6.34. The molecule has 1 rings (SSSR count). The standard InChI is InChI=1S/C12H22N2S/c1-10(2)14(12(3,4)9-13)8-11-6-5-7-15-11/h5-7,10H,8-9,13H2,1-4H3. The quantitative estimate of drug-likeness (QED) is 0.836. The van der Waals surface area contributed by atoms with E-state index in [2.05, 4.69) is 50.1 Å². The van der Waals surface area contributed by atoms with Crippen LogP contribution in [0, 0.1) is 0 Å². The molecule has 0 aliphatic carbocycles. The number of hydrogen-bond acceptors (Lipinski definition) is 3. The molecule has 0 atom stereocenters. The van der Waals surface area contributed by atoms with Gasteiger partial charge in [-0.05, 0) is 39.1 Å². The van der Waals surface area contributed by atoms with Crippen LogP contribution >= 0.6 is 11.3 Å². The highest BCUT2D eigenvalue weighted by Gasteiger charge is 2.27. The average molecular weight is 226 g/mol. The molecule has 0 aliphatic rings. The van der Waals surface area contributed by atoms with Crippen LogP contribution in [0.25, 0.3) is 0 Å². The maximum absolute atomic E-state index is 5.84. The van der Waals surface area contributed by atoms with Gasteiger partial charge in [0.15, 0.2) is 0 Å². The fourth-order valence-corrected chi connectivity index (χ4v) is 2.49. The van der Waals surface area contributed by atoms with Crippen molar-refractivity contribution in [3.63, 3.8) is 0 Å². The van der Waals surface area contributed by atoms with Gasteiger partial charge in [0, 0.05) is 29.5 Å². The van der Waals surface area contributed by atoms with E-state index in [1.807, 2.05) is 11.3 Å². The Morgan fingerprint density at radius 3 is 2.53 bits per heavy atom. The molecule has 0 saturated heterocycles. The van der Waals surface area contributed by atoms with Gasteiger partial charge in [0.2, 0.25) is 0 Å². The molecule has 1 heterocycles. The fraction of sp³-hybridized carbons (Fsp3) is 0.667. The van der Waals surface area contributed by atoms with Crippen molar-refractivity contribution in [1.82, 2.24) is 4.90 Å². The number of nitrogens with two attached hydrogens (primary N) is 1. The van der Waals surface area contributed by atoms with E-state index >= 15 is 0 Å². The Balaban J connectivity index is 2.75. The predicted octanol–water partition coefficient (Wildman–Crippen LogP) is 2.70. The van der Waals surface area contributed by atoms with Gasteiger partial charge in [0.1, 0.15) is 0 Å². The lowest BCUT2D eigenvalue weighted by Gasteiger charge is -2.40. The topological polar surface area (TPSA) is 29.3 Å². The Bertz CT molecular complexity index is 278. The van der Waals surface area contributed by atoms with Crippen LogP contribution in [0.5, 0.6) is 0 Å². The van der Waals surface area contributed by atoms with Crippen LogP contribution in [0.15, 0.2) is 17.5 Å². The molecule has 15 heavy (non-hydrogen) atoms. The van der Waals surface area contributed by atoms with Crippen LogP contribution in [0.4, 0.5) is 0 Å². The summed E-state index contributed by atoms with van der Waals surface area (Å²) in [5.41, 5.74) is 5.90. The Kier molecular flexibility index (Phi) is 4.32. The summed E-state index contributed by atoms with van der Waals surface area (Å²) in [5.74, 6) is 0. The van der Waals surface area contributed by atoms with E-state index < -0.39 is 0 Å². The summed E-state index contributed by atoms with van der Waals surface area (Å²) in [6.07, 6.45) is 0. The molecule has 86 valence electrons. The first-order valence-electron chi connectivity index (χ1n) is 5.46. The minimum absolute atomic E-state index is 0.0676. The molecule has 0 spiro atoms. The van der Waals surface area contributed by atoms with E-state index in [1.165, 1.54) is 4.88 Å². The van der Waals surface area contributed by atoms with E-state index in [9.17, 15) is 0 Å². The van der Waals surface area contributed by atoms with Gasteiger partial charge >= 0.3 is 0 Å². The lowest BCUT2D eigenvalue weighted by atomic mass is 10.0. The van der Waals surface area contributed by atoms with Crippen LogP contribution < -0.4 is 5.73 Å². The van der Waals surface area contributed by atoms with Crippen molar-refractivity contribution in [2.75, 3.05) is 6.54 Å². The molecule has 2 nitrogen and oxygen atoms in total. The first kappa shape index (κ1) is 12.7. The molecule has 0 saturated carbocycles. The fourth-order valence-electron chi connectivity index (χ4n) is 1.78. The normalized spacial score (nSPS) is 12.7. The van der Waals surface area contributed by atoms with E-state index in [4.69, 9.17) is 5.73 Å². The lowest BCUT2D eigenvalue weighted by Crippen LogP contribution is -2.51. The molecule has 3 heteroatoms. The molecule has 0 radical (unpaired) electrons. The zero-order chi connectivity index (χ0) is 11.5. The van der Waals surface area contributed by atoms with Crippen molar-refractivity contribution in [3.05, 3.63) is 22.4 Å². The predicted molar refractivity (Wildman–Crippen MR) is 68.1 cm³/mol. The minimum atomic E-state index is 0.0676. The van der Waals surface area contributed by atoms with Gasteiger partial charge in [-0.1, -0.05) is 6.07 Å². The van der Waals surface area contributed by atoms with Crippen LogP contribution in [0.1, 0.15) is 32.6 Å². The number of thiophene rings is 1. The van der Waals surface area contributed by atoms with E-state index in [-0.39, 0.29) is 5.54 Å². The van der Waals surface area contributed by atoms with Crippen LogP contribution in [0.3, 0.4) is 0 Å². The third-order valence-electron chi connectivity index (χ3n) is 2.81. The second kappa shape index (κ2) is 5.10. The van der Waals surface area contributed by atoms with E-state index in [0.29, 0.717) is 12.6 Å². The Morgan fingerprint density at radius 2 is 2.13 bits per heavy atom. The van der Waals surface area contributed by atoms with Crippen molar-refractivity contribution >= 4 is 11.3 Å². The van der Waals surface area contributed by atoms with Crippen molar-refractivity contribution < 1.29 is 0 Å². The zero-order valence-electron chi connectivity index (χ0n) is 10.2. The number of hydrogen-bond donors (Lipinski definition) is 1. The summed E-state index contributed by atoms with van der Waals surface area (Å²) in [5, 5.41) is 2.13. The third-order valence-corrected chi connectivity index (χ3v) is 3.67. The molecule has 1 aromatic heterocycles. The second-order valence-electron chi connectivity index (χ2n) is 4.82. The summed E-state index contributed by atoms with van der Waals surface area (Å²) < 4.78 is 0. The highest BCUT2D eigenvalue weighted by Crippen LogP contribution is 2.22. The first-order chi connectivity index (χ1) is 6.97. The van der Waals surface area contributed by atoms with Gasteiger partial charge in [0.05, 0.1) is 0 Å². The maximum atomic E-state index is 5.84. The summed E-state index contributed by atoms with van der Waals surface area (Å²) in [7, 11) is 0.